The molecule has 2 aromatic rings. The lowest BCUT2D eigenvalue weighted by molar-refractivity contribution is -0.709. The van der Waals surface area contributed by atoms with Crippen molar-refractivity contribution in [1.82, 2.24) is 0 Å². The molecule has 0 unspecified atom stereocenters. The average Bonchev–Trinajstić information content (AvgIpc) is 2.53. The summed E-state index contributed by atoms with van der Waals surface area (Å²) in [5, 5.41) is 12.5. The van der Waals surface area contributed by atoms with Crippen molar-refractivity contribution in [2.75, 3.05) is 0 Å². The zero-order valence-electron chi connectivity index (χ0n) is 13.2. The number of rotatable bonds is 6. The fourth-order valence-electron chi connectivity index (χ4n) is 2.44. The van der Waals surface area contributed by atoms with E-state index in [1.807, 2.05) is 30.3 Å². The lowest BCUT2D eigenvalue weighted by Gasteiger charge is -2.18. The van der Waals surface area contributed by atoms with Gasteiger partial charge in [0.25, 0.3) is 0 Å². The van der Waals surface area contributed by atoms with Crippen molar-refractivity contribution in [3.63, 3.8) is 0 Å². The molecule has 0 spiro atoms. The van der Waals surface area contributed by atoms with E-state index >= 15 is 0 Å². The summed E-state index contributed by atoms with van der Waals surface area (Å²) in [6.45, 7) is 7.38. The zero-order valence-corrected chi connectivity index (χ0v) is 13.2. The SMILES string of the molecule is CC(C)c1ccc(C[NH2+][C@@H](C)[C@@H](O)c2ccccc2)cc1. The number of nitrogens with two attached hydrogens (primary N) is 1. The van der Waals surface area contributed by atoms with Gasteiger partial charge in [-0.05, 0) is 24.0 Å². The third-order valence-corrected chi connectivity index (χ3v) is 4.01. The number of aliphatic hydroxyl groups is 1. The third kappa shape index (κ3) is 4.42. The van der Waals surface area contributed by atoms with Crippen LogP contribution in [0.2, 0.25) is 0 Å². The summed E-state index contributed by atoms with van der Waals surface area (Å²) in [4.78, 5) is 0. The minimum absolute atomic E-state index is 0.136. The largest absolute Gasteiger partial charge is 0.382 e. The number of hydrogen-bond acceptors (Lipinski definition) is 1. The van der Waals surface area contributed by atoms with E-state index < -0.39 is 6.10 Å². The van der Waals surface area contributed by atoms with Crippen LogP contribution in [0.3, 0.4) is 0 Å². The zero-order chi connectivity index (χ0) is 15.2. The van der Waals surface area contributed by atoms with Gasteiger partial charge in [-0.15, -0.1) is 0 Å². The summed E-state index contributed by atoms with van der Waals surface area (Å²) in [6.07, 6.45) is -0.430. The molecule has 0 radical (unpaired) electrons. The van der Waals surface area contributed by atoms with Gasteiger partial charge in [-0.3, -0.25) is 0 Å². The second-order valence-electron chi connectivity index (χ2n) is 6.05. The Bertz CT molecular complexity index is 533. The highest BCUT2D eigenvalue weighted by Gasteiger charge is 2.18. The molecule has 2 heteroatoms. The number of benzene rings is 2. The normalized spacial score (nSPS) is 14.1. The molecule has 0 aromatic heterocycles. The highest BCUT2D eigenvalue weighted by atomic mass is 16.3. The molecule has 0 saturated heterocycles. The first-order valence-corrected chi connectivity index (χ1v) is 7.73. The molecule has 2 nitrogen and oxygen atoms in total. The second kappa shape index (κ2) is 7.39. The molecule has 0 amide bonds. The average molecular weight is 284 g/mol. The topological polar surface area (TPSA) is 36.8 Å². The van der Waals surface area contributed by atoms with E-state index in [4.69, 9.17) is 0 Å². The predicted molar refractivity (Wildman–Crippen MR) is 87.0 cm³/mol. The summed E-state index contributed by atoms with van der Waals surface area (Å²) in [7, 11) is 0. The van der Waals surface area contributed by atoms with Crippen LogP contribution in [0.1, 0.15) is 49.5 Å². The molecule has 112 valence electrons. The number of hydrogen-bond donors (Lipinski definition) is 2. The lowest BCUT2D eigenvalue weighted by atomic mass is 10.0. The molecule has 0 saturated carbocycles. The van der Waals surface area contributed by atoms with Crippen LogP contribution in [0.15, 0.2) is 54.6 Å². The maximum atomic E-state index is 10.4. The Balaban J connectivity index is 1.90. The van der Waals surface area contributed by atoms with Crippen LogP contribution >= 0.6 is 0 Å². The van der Waals surface area contributed by atoms with Gasteiger partial charge in [0.05, 0.1) is 0 Å². The Morgan fingerprint density at radius 2 is 1.48 bits per heavy atom. The van der Waals surface area contributed by atoms with Gasteiger partial charge in [-0.1, -0.05) is 68.4 Å². The Hall–Kier alpha value is -1.64. The van der Waals surface area contributed by atoms with Crippen LogP contribution in [0, 0.1) is 0 Å². The van der Waals surface area contributed by atoms with E-state index in [0.717, 1.165) is 12.1 Å². The van der Waals surface area contributed by atoms with E-state index in [1.165, 1.54) is 11.1 Å². The van der Waals surface area contributed by atoms with Gasteiger partial charge in [0, 0.05) is 5.56 Å². The van der Waals surface area contributed by atoms with Crippen LogP contribution < -0.4 is 5.32 Å². The fourth-order valence-corrected chi connectivity index (χ4v) is 2.44. The van der Waals surface area contributed by atoms with Crippen molar-refractivity contribution in [3.05, 3.63) is 71.3 Å². The van der Waals surface area contributed by atoms with E-state index in [-0.39, 0.29) is 6.04 Å². The fraction of sp³-hybridized carbons (Fsp3) is 0.368. The first-order valence-electron chi connectivity index (χ1n) is 7.73. The number of aliphatic hydroxyl groups excluding tert-OH is 1. The molecule has 2 aromatic carbocycles. The van der Waals surface area contributed by atoms with Crippen LogP contribution in [0.25, 0.3) is 0 Å². The quantitative estimate of drug-likeness (QED) is 0.840. The van der Waals surface area contributed by atoms with Crippen LogP contribution in [0.5, 0.6) is 0 Å². The van der Waals surface area contributed by atoms with Crippen molar-refractivity contribution >= 4 is 0 Å². The summed E-state index contributed by atoms with van der Waals surface area (Å²) in [5.41, 5.74) is 3.65. The Labute approximate surface area is 127 Å². The molecule has 0 fully saturated rings. The van der Waals surface area contributed by atoms with Crippen LogP contribution in [-0.4, -0.2) is 11.1 Å². The highest BCUT2D eigenvalue weighted by molar-refractivity contribution is 5.24. The Morgan fingerprint density at radius 3 is 2.05 bits per heavy atom. The van der Waals surface area contributed by atoms with Gasteiger partial charge in [0.1, 0.15) is 18.7 Å². The molecule has 0 heterocycles. The summed E-state index contributed by atoms with van der Waals surface area (Å²) in [6, 6.07) is 18.8. The molecule has 0 aliphatic carbocycles. The van der Waals surface area contributed by atoms with E-state index in [2.05, 4.69) is 50.4 Å². The third-order valence-electron chi connectivity index (χ3n) is 4.01. The van der Waals surface area contributed by atoms with Gasteiger partial charge in [0.15, 0.2) is 0 Å². The smallest absolute Gasteiger partial charge is 0.130 e. The van der Waals surface area contributed by atoms with Crippen molar-refractivity contribution in [3.8, 4) is 0 Å². The van der Waals surface area contributed by atoms with Gasteiger partial charge >= 0.3 is 0 Å². The molecule has 0 bridgehead atoms. The minimum Gasteiger partial charge on any atom is -0.382 e. The Kier molecular flexibility index (Phi) is 5.54. The second-order valence-corrected chi connectivity index (χ2v) is 6.05. The number of quaternary nitrogens is 1. The molecule has 2 atom stereocenters. The van der Waals surface area contributed by atoms with E-state index in [1.54, 1.807) is 0 Å². The summed E-state index contributed by atoms with van der Waals surface area (Å²) >= 11 is 0. The maximum absolute atomic E-state index is 10.4. The van der Waals surface area contributed by atoms with Gasteiger partial charge in [-0.25, -0.2) is 0 Å². The van der Waals surface area contributed by atoms with Crippen molar-refractivity contribution in [1.29, 1.82) is 0 Å². The molecular formula is C19H26NO+. The standard InChI is InChI=1S/C19H25NO/c1-14(2)17-11-9-16(10-12-17)13-20-15(3)19(21)18-7-5-4-6-8-18/h4-12,14-15,19-21H,13H2,1-3H3/p+1/t15-,19+/m0/s1. The van der Waals surface area contributed by atoms with E-state index in [9.17, 15) is 5.11 Å². The summed E-state index contributed by atoms with van der Waals surface area (Å²) in [5.74, 6) is 0.571. The van der Waals surface area contributed by atoms with Crippen molar-refractivity contribution < 1.29 is 10.4 Å². The minimum atomic E-state index is -0.430. The molecular weight excluding hydrogens is 258 g/mol. The van der Waals surface area contributed by atoms with Gasteiger partial charge in [-0.2, -0.15) is 0 Å². The first kappa shape index (κ1) is 15.7. The Morgan fingerprint density at radius 1 is 0.857 bits per heavy atom. The summed E-state index contributed by atoms with van der Waals surface area (Å²) < 4.78 is 0. The maximum Gasteiger partial charge on any atom is 0.130 e. The van der Waals surface area contributed by atoms with Crippen LogP contribution in [-0.2, 0) is 6.54 Å². The van der Waals surface area contributed by atoms with Crippen molar-refractivity contribution in [2.45, 2.75) is 45.4 Å². The predicted octanol–water partition coefficient (Wildman–Crippen LogP) is 3.00. The van der Waals surface area contributed by atoms with Crippen molar-refractivity contribution in [2.24, 2.45) is 0 Å². The molecule has 0 aliphatic heterocycles. The molecule has 0 aliphatic rings. The first-order chi connectivity index (χ1) is 10.1. The van der Waals surface area contributed by atoms with Gasteiger partial charge < -0.3 is 10.4 Å². The lowest BCUT2D eigenvalue weighted by Crippen LogP contribution is -2.88. The monoisotopic (exact) mass is 284 g/mol. The van der Waals surface area contributed by atoms with Gasteiger partial charge in [0.2, 0.25) is 0 Å². The van der Waals surface area contributed by atoms with E-state index in [0.29, 0.717) is 5.92 Å². The molecule has 21 heavy (non-hydrogen) atoms. The molecule has 3 N–H and O–H groups in total. The highest BCUT2D eigenvalue weighted by Crippen LogP contribution is 2.15. The van der Waals surface area contributed by atoms with Crippen LogP contribution in [0.4, 0.5) is 0 Å². The molecule has 2 rings (SSSR count).